The van der Waals surface area contributed by atoms with Crippen LogP contribution in [-0.4, -0.2) is 22.1 Å². The molecule has 0 aliphatic carbocycles. The third-order valence-corrected chi connectivity index (χ3v) is 4.61. The number of carbonyl (C=O) groups is 1. The highest BCUT2D eigenvalue weighted by molar-refractivity contribution is 6.32. The van der Waals surface area contributed by atoms with E-state index in [-0.39, 0.29) is 5.91 Å². The molecule has 0 fully saturated rings. The predicted molar refractivity (Wildman–Crippen MR) is 114 cm³/mol. The van der Waals surface area contributed by atoms with Gasteiger partial charge in [-0.2, -0.15) is 0 Å². The summed E-state index contributed by atoms with van der Waals surface area (Å²) >= 11 is 6.24. The van der Waals surface area contributed by atoms with Gasteiger partial charge in [-0.3, -0.25) is 14.4 Å². The molecule has 0 atom stereocenters. The van der Waals surface area contributed by atoms with Gasteiger partial charge in [-0.1, -0.05) is 25.4 Å². The minimum atomic E-state index is -0.722. The molecule has 0 saturated carbocycles. The van der Waals surface area contributed by atoms with Crippen molar-refractivity contribution in [3.63, 3.8) is 0 Å². The van der Waals surface area contributed by atoms with Crippen molar-refractivity contribution < 1.29 is 9.53 Å². The lowest BCUT2D eigenvalue weighted by Gasteiger charge is -2.12. The zero-order valence-electron chi connectivity index (χ0n) is 16.4. The van der Waals surface area contributed by atoms with Crippen molar-refractivity contribution in [2.45, 2.75) is 27.3 Å². The smallest absolute Gasteiger partial charge is 0.316 e. The van der Waals surface area contributed by atoms with E-state index >= 15 is 0 Å². The van der Waals surface area contributed by atoms with E-state index in [0.29, 0.717) is 52.1 Å². The van der Waals surface area contributed by atoms with Gasteiger partial charge in [-0.25, -0.2) is 0 Å². The second kappa shape index (κ2) is 8.53. The molecule has 0 bridgehead atoms. The Morgan fingerprint density at radius 1 is 1.21 bits per heavy atom. The van der Waals surface area contributed by atoms with Crippen molar-refractivity contribution in [1.29, 1.82) is 0 Å². The topological polar surface area (TPSA) is 93.2 Å². The second-order valence-corrected chi connectivity index (χ2v) is 7.45. The largest absolute Gasteiger partial charge is 0.492 e. The number of hydrogen-bond acceptors (Lipinski definition) is 4. The monoisotopic (exact) mass is 415 g/mol. The van der Waals surface area contributed by atoms with Crippen LogP contribution in [0.25, 0.3) is 11.0 Å². The van der Waals surface area contributed by atoms with Crippen molar-refractivity contribution in [1.82, 2.24) is 9.55 Å². The highest BCUT2D eigenvalue weighted by Gasteiger charge is 2.12. The van der Waals surface area contributed by atoms with E-state index in [0.717, 1.165) is 0 Å². The first-order chi connectivity index (χ1) is 13.8. The van der Waals surface area contributed by atoms with Crippen molar-refractivity contribution in [3.05, 3.63) is 67.7 Å². The molecule has 0 aliphatic heterocycles. The number of nitrogens with zero attached hydrogens (tertiary/aromatic N) is 1. The van der Waals surface area contributed by atoms with Gasteiger partial charge in [0.15, 0.2) is 0 Å². The second-order valence-electron chi connectivity index (χ2n) is 7.04. The number of halogens is 1. The van der Waals surface area contributed by atoms with Crippen molar-refractivity contribution in [2.75, 3.05) is 11.9 Å². The first-order valence-corrected chi connectivity index (χ1v) is 9.68. The van der Waals surface area contributed by atoms with Crippen LogP contribution in [-0.2, 0) is 6.54 Å². The van der Waals surface area contributed by atoms with Gasteiger partial charge in [0.05, 0.1) is 22.7 Å². The number of fused-ring (bicyclic) bond motifs is 1. The quantitative estimate of drug-likeness (QED) is 0.601. The van der Waals surface area contributed by atoms with Gasteiger partial charge >= 0.3 is 11.1 Å². The van der Waals surface area contributed by atoms with Crippen LogP contribution < -0.4 is 21.2 Å². The van der Waals surface area contributed by atoms with Crippen LogP contribution >= 0.6 is 11.6 Å². The summed E-state index contributed by atoms with van der Waals surface area (Å²) in [6.07, 6.45) is 0. The fraction of sp³-hybridized carbons (Fsp3) is 0.286. The Labute approximate surface area is 172 Å². The number of aromatic nitrogens is 2. The average Bonchev–Trinajstić information content (AvgIpc) is 2.68. The van der Waals surface area contributed by atoms with Gasteiger partial charge in [0.2, 0.25) is 0 Å². The van der Waals surface area contributed by atoms with Gasteiger partial charge in [-0.05, 0) is 49.2 Å². The number of anilines is 1. The summed E-state index contributed by atoms with van der Waals surface area (Å²) in [6.45, 7) is 6.76. The van der Waals surface area contributed by atoms with Crippen LogP contribution in [0.1, 0.15) is 31.1 Å². The molecule has 3 rings (SSSR count). The summed E-state index contributed by atoms with van der Waals surface area (Å²) < 4.78 is 6.99. The molecule has 29 heavy (non-hydrogen) atoms. The fourth-order valence-electron chi connectivity index (χ4n) is 2.89. The Bertz CT molecular complexity index is 1180. The normalized spacial score (nSPS) is 11.1. The SMILES string of the molecule is CCn1c(=O)c(=O)[nH]c2cc(C(=O)Nc3ccc(OCC(C)C)c(Cl)c3)ccc21. The maximum Gasteiger partial charge on any atom is 0.316 e. The van der Waals surface area contributed by atoms with Crippen LogP contribution in [0.3, 0.4) is 0 Å². The molecule has 0 spiro atoms. The summed E-state index contributed by atoms with van der Waals surface area (Å²) in [5.41, 5.74) is 0.491. The number of benzene rings is 2. The number of hydrogen-bond donors (Lipinski definition) is 2. The summed E-state index contributed by atoms with van der Waals surface area (Å²) in [7, 11) is 0. The van der Waals surface area contributed by atoms with Crippen LogP contribution in [0.15, 0.2) is 46.0 Å². The molecule has 1 heterocycles. The highest BCUT2D eigenvalue weighted by Crippen LogP contribution is 2.28. The average molecular weight is 416 g/mol. The number of ether oxygens (including phenoxy) is 1. The number of H-pyrrole nitrogens is 1. The van der Waals surface area contributed by atoms with E-state index in [4.69, 9.17) is 16.3 Å². The number of carbonyl (C=O) groups excluding carboxylic acids is 1. The van der Waals surface area contributed by atoms with E-state index in [2.05, 4.69) is 10.3 Å². The lowest BCUT2D eigenvalue weighted by molar-refractivity contribution is 0.102. The van der Waals surface area contributed by atoms with Gasteiger partial charge < -0.3 is 19.6 Å². The predicted octanol–water partition coefficient (Wildman–Crippen LogP) is 3.65. The van der Waals surface area contributed by atoms with E-state index < -0.39 is 11.1 Å². The van der Waals surface area contributed by atoms with Gasteiger partial charge in [0.1, 0.15) is 5.75 Å². The number of rotatable bonds is 6. The molecule has 0 unspecified atom stereocenters. The molecule has 8 heteroatoms. The van der Waals surface area contributed by atoms with Gasteiger partial charge in [0.25, 0.3) is 5.91 Å². The Balaban J connectivity index is 1.85. The molecule has 2 aromatic carbocycles. The van der Waals surface area contributed by atoms with Crippen LogP contribution in [0.4, 0.5) is 5.69 Å². The molecule has 0 aliphatic rings. The zero-order valence-corrected chi connectivity index (χ0v) is 17.2. The molecular formula is C21H22ClN3O4. The van der Waals surface area contributed by atoms with Crippen molar-refractivity contribution in [2.24, 2.45) is 5.92 Å². The summed E-state index contributed by atoms with van der Waals surface area (Å²) in [4.78, 5) is 38.9. The minimum absolute atomic E-state index is 0.339. The molecule has 3 aromatic rings. The molecule has 1 aromatic heterocycles. The Kier molecular flexibility index (Phi) is 6.08. The van der Waals surface area contributed by atoms with Gasteiger partial charge in [-0.15, -0.1) is 0 Å². The van der Waals surface area contributed by atoms with E-state index in [1.807, 2.05) is 13.8 Å². The zero-order chi connectivity index (χ0) is 21.1. The standard InChI is InChI=1S/C21H22ClN3O4/c1-4-25-17-7-5-13(9-16(17)24-20(27)21(25)28)19(26)23-14-6-8-18(15(22)10-14)29-11-12(2)3/h5-10,12H,4,11H2,1-3H3,(H,23,26)(H,24,27). The molecule has 1 amide bonds. The molecular weight excluding hydrogens is 394 g/mol. The maximum absolute atomic E-state index is 12.6. The van der Waals surface area contributed by atoms with E-state index in [9.17, 15) is 14.4 Å². The molecule has 0 saturated heterocycles. The van der Waals surface area contributed by atoms with Crippen LogP contribution in [0, 0.1) is 5.92 Å². The summed E-state index contributed by atoms with van der Waals surface area (Å²) in [6, 6.07) is 9.81. The van der Waals surface area contributed by atoms with Crippen molar-refractivity contribution in [3.8, 4) is 5.75 Å². The number of nitrogens with one attached hydrogen (secondary N) is 2. The van der Waals surface area contributed by atoms with Crippen molar-refractivity contribution >= 4 is 34.2 Å². The van der Waals surface area contributed by atoms with Crippen LogP contribution in [0.2, 0.25) is 5.02 Å². The third-order valence-electron chi connectivity index (χ3n) is 4.32. The molecule has 2 N–H and O–H groups in total. The van der Waals surface area contributed by atoms with Gasteiger partial charge in [0, 0.05) is 17.8 Å². The Morgan fingerprint density at radius 3 is 2.62 bits per heavy atom. The highest BCUT2D eigenvalue weighted by atomic mass is 35.5. The maximum atomic E-state index is 12.6. The fourth-order valence-corrected chi connectivity index (χ4v) is 3.12. The van der Waals surface area contributed by atoms with E-state index in [1.165, 1.54) is 4.57 Å². The Hall–Kier alpha value is -3.06. The van der Waals surface area contributed by atoms with Crippen LogP contribution in [0.5, 0.6) is 5.75 Å². The Morgan fingerprint density at radius 2 is 1.97 bits per heavy atom. The lowest BCUT2D eigenvalue weighted by atomic mass is 10.1. The molecule has 152 valence electrons. The number of aromatic amines is 1. The molecule has 0 radical (unpaired) electrons. The summed E-state index contributed by atoms with van der Waals surface area (Å²) in [5.74, 6) is 0.557. The first-order valence-electron chi connectivity index (χ1n) is 9.30. The number of amides is 1. The molecule has 7 nitrogen and oxygen atoms in total. The third kappa shape index (κ3) is 4.51. The first kappa shape index (κ1) is 20.7. The number of aryl methyl sites for hydroxylation is 1. The summed E-state index contributed by atoms with van der Waals surface area (Å²) in [5, 5.41) is 3.17. The lowest BCUT2D eigenvalue weighted by Crippen LogP contribution is -2.36. The minimum Gasteiger partial charge on any atom is -0.492 e. The van der Waals surface area contributed by atoms with E-state index in [1.54, 1.807) is 43.3 Å².